The highest BCUT2D eigenvalue weighted by atomic mass is 16.3. The van der Waals surface area contributed by atoms with Gasteiger partial charge in [-0.15, -0.1) is 0 Å². The van der Waals surface area contributed by atoms with E-state index in [2.05, 4.69) is 0 Å². The molecule has 4 N–H and O–H groups in total. The molecule has 1 aliphatic carbocycles. The number of para-hydroxylation sites is 1. The van der Waals surface area contributed by atoms with Crippen molar-refractivity contribution in [3.05, 3.63) is 30.3 Å². The zero-order valence-corrected chi connectivity index (χ0v) is 9.84. The predicted molar refractivity (Wildman–Crippen MR) is 69.1 cm³/mol. The van der Waals surface area contributed by atoms with Gasteiger partial charge in [-0.3, -0.25) is 5.41 Å². The minimum Gasteiger partial charge on any atom is -0.393 e. The number of aliphatic hydroxyl groups excluding tert-OH is 1. The Kier molecular flexibility index (Phi) is 3.64. The van der Waals surface area contributed by atoms with Crippen LogP contribution in [0.1, 0.15) is 25.7 Å². The molecule has 92 valence electrons. The van der Waals surface area contributed by atoms with Gasteiger partial charge in [0.15, 0.2) is 5.96 Å². The predicted octanol–water partition coefficient (Wildman–Crippen LogP) is 1.69. The molecule has 0 heterocycles. The normalized spacial score (nSPS) is 24.3. The third-order valence-corrected chi connectivity index (χ3v) is 3.28. The minimum atomic E-state index is -0.265. The summed E-state index contributed by atoms with van der Waals surface area (Å²) in [5.41, 5.74) is 6.60. The number of guanidine groups is 1. The summed E-state index contributed by atoms with van der Waals surface area (Å²) in [7, 11) is 0. The van der Waals surface area contributed by atoms with E-state index in [4.69, 9.17) is 11.1 Å². The molecule has 1 aromatic rings. The summed E-state index contributed by atoms with van der Waals surface area (Å²) in [6.45, 7) is 0. The van der Waals surface area contributed by atoms with E-state index >= 15 is 0 Å². The van der Waals surface area contributed by atoms with E-state index in [0.29, 0.717) is 6.42 Å². The van der Waals surface area contributed by atoms with Crippen LogP contribution in [-0.2, 0) is 0 Å². The minimum absolute atomic E-state index is 0.0512. The molecule has 2 unspecified atom stereocenters. The lowest BCUT2D eigenvalue weighted by Crippen LogP contribution is -2.47. The summed E-state index contributed by atoms with van der Waals surface area (Å²) in [5.74, 6) is 0.0512. The molecular weight excluding hydrogens is 214 g/mol. The second-order valence-corrected chi connectivity index (χ2v) is 4.57. The molecule has 0 bridgehead atoms. The van der Waals surface area contributed by atoms with Crippen molar-refractivity contribution in [3.63, 3.8) is 0 Å². The van der Waals surface area contributed by atoms with Gasteiger partial charge in [-0.2, -0.15) is 0 Å². The van der Waals surface area contributed by atoms with Crippen LogP contribution in [0.2, 0.25) is 0 Å². The van der Waals surface area contributed by atoms with Gasteiger partial charge in [0.1, 0.15) is 0 Å². The summed E-state index contributed by atoms with van der Waals surface area (Å²) >= 11 is 0. The molecule has 4 nitrogen and oxygen atoms in total. The van der Waals surface area contributed by atoms with Gasteiger partial charge in [-0.05, 0) is 37.8 Å². The summed E-state index contributed by atoms with van der Waals surface area (Å²) in [4.78, 5) is 1.82. The lowest BCUT2D eigenvalue weighted by atomic mass is 9.91. The molecule has 0 saturated heterocycles. The molecule has 0 aromatic heterocycles. The van der Waals surface area contributed by atoms with Crippen molar-refractivity contribution >= 4 is 11.6 Å². The Labute approximate surface area is 102 Å². The molecule has 0 aliphatic heterocycles. The lowest BCUT2D eigenvalue weighted by Gasteiger charge is -2.36. The third-order valence-electron chi connectivity index (χ3n) is 3.28. The molecule has 1 aliphatic rings. The van der Waals surface area contributed by atoms with E-state index < -0.39 is 0 Å². The Morgan fingerprint density at radius 3 is 2.59 bits per heavy atom. The fraction of sp³-hybridized carbons (Fsp3) is 0.462. The number of aliphatic hydroxyl groups is 1. The van der Waals surface area contributed by atoms with Gasteiger partial charge in [0.05, 0.1) is 6.10 Å². The van der Waals surface area contributed by atoms with Crippen molar-refractivity contribution in [1.29, 1.82) is 5.41 Å². The average molecular weight is 233 g/mol. The fourth-order valence-electron chi connectivity index (χ4n) is 2.51. The first kappa shape index (κ1) is 11.9. The Balaban J connectivity index is 2.20. The molecule has 2 atom stereocenters. The molecular formula is C13H19N3O. The van der Waals surface area contributed by atoms with Crippen LogP contribution in [0.3, 0.4) is 0 Å². The summed E-state index contributed by atoms with van der Waals surface area (Å²) in [6.07, 6.45) is 3.25. The van der Waals surface area contributed by atoms with E-state index in [1.165, 1.54) is 0 Å². The van der Waals surface area contributed by atoms with Gasteiger partial charge in [0, 0.05) is 11.7 Å². The van der Waals surface area contributed by atoms with Crippen molar-refractivity contribution in [2.75, 3.05) is 4.90 Å². The Morgan fingerprint density at radius 2 is 2.00 bits per heavy atom. The number of hydrogen-bond acceptors (Lipinski definition) is 2. The van der Waals surface area contributed by atoms with E-state index in [1.807, 2.05) is 35.2 Å². The SMILES string of the molecule is N=C(N)N(c1ccccc1)C1CCCC(O)C1. The monoisotopic (exact) mass is 233 g/mol. The number of anilines is 1. The van der Waals surface area contributed by atoms with Crippen LogP contribution in [0.5, 0.6) is 0 Å². The van der Waals surface area contributed by atoms with Gasteiger partial charge in [0.25, 0.3) is 0 Å². The summed E-state index contributed by atoms with van der Waals surface area (Å²) in [6, 6.07) is 9.84. The van der Waals surface area contributed by atoms with E-state index in [0.717, 1.165) is 24.9 Å². The molecule has 4 heteroatoms. The summed E-state index contributed by atoms with van der Waals surface area (Å²) in [5, 5.41) is 17.4. The largest absolute Gasteiger partial charge is 0.393 e. The molecule has 1 saturated carbocycles. The number of benzene rings is 1. The van der Waals surface area contributed by atoms with Crippen LogP contribution in [-0.4, -0.2) is 23.2 Å². The van der Waals surface area contributed by atoms with Crippen LogP contribution in [0, 0.1) is 5.41 Å². The first-order valence-electron chi connectivity index (χ1n) is 6.05. The Bertz CT molecular complexity index is 380. The molecule has 17 heavy (non-hydrogen) atoms. The second kappa shape index (κ2) is 5.19. The lowest BCUT2D eigenvalue weighted by molar-refractivity contribution is 0.121. The van der Waals surface area contributed by atoms with Crippen LogP contribution in [0.4, 0.5) is 5.69 Å². The molecule has 1 aromatic carbocycles. The zero-order chi connectivity index (χ0) is 12.3. The molecule has 0 radical (unpaired) electrons. The molecule has 0 amide bonds. The third kappa shape index (κ3) is 2.77. The number of rotatable bonds is 2. The number of nitrogens with two attached hydrogens (primary N) is 1. The summed E-state index contributed by atoms with van der Waals surface area (Å²) < 4.78 is 0. The molecule has 0 spiro atoms. The first-order valence-corrected chi connectivity index (χ1v) is 6.05. The quantitative estimate of drug-likeness (QED) is 0.537. The van der Waals surface area contributed by atoms with E-state index in [-0.39, 0.29) is 18.1 Å². The highest BCUT2D eigenvalue weighted by Gasteiger charge is 2.27. The maximum Gasteiger partial charge on any atom is 0.193 e. The van der Waals surface area contributed by atoms with Crippen LogP contribution in [0.25, 0.3) is 0 Å². The van der Waals surface area contributed by atoms with E-state index in [1.54, 1.807) is 0 Å². The van der Waals surface area contributed by atoms with Crippen molar-refractivity contribution in [1.82, 2.24) is 0 Å². The Hall–Kier alpha value is -1.55. The number of nitrogens with one attached hydrogen (secondary N) is 1. The smallest absolute Gasteiger partial charge is 0.193 e. The highest BCUT2D eigenvalue weighted by molar-refractivity contribution is 5.93. The van der Waals surface area contributed by atoms with Gasteiger partial charge in [-0.1, -0.05) is 18.2 Å². The standard InChI is InChI=1S/C13H19N3O/c14-13(15)16(10-5-2-1-3-6-10)11-7-4-8-12(17)9-11/h1-3,5-6,11-12,17H,4,7-9H2,(H3,14,15). The number of hydrogen-bond donors (Lipinski definition) is 3. The molecule has 1 fully saturated rings. The first-order chi connectivity index (χ1) is 8.18. The van der Waals surface area contributed by atoms with Crippen LogP contribution < -0.4 is 10.6 Å². The van der Waals surface area contributed by atoms with Crippen molar-refractivity contribution in [3.8, 4) is 0 Å². The van der Waals surface area contributed by atoms with Crippen molar-refractivity contribution in [2.24, 2.45) is 5.73 Å². The van der Waals surface area contributed by atoms with Gasteiger partial charge in [0.2, 0.25) is 0 Å². The van der Waals surface area contributed by atoms with Gasteiger partial charge in [-0.25, -0.2) is 0 Å². The van der Waals surface area contributed by atoms with E-state index in [9.17, 15) is 5.11 Å². The van der Waals surface area contributed by atoms with Gasteiger partial charge >= 0.3 is 0 Å². The molecule has 2 rings (SSSR count). The van der Waals surface area contributed by atoms with Crippen LogP contribution >= 0.6 is 0 Å². The van der Waals surface area contributed by atoms with Crippen molar-refractivity contribution in [2.45, 2.75) is 37.8 Å². The van der Waals surface area contributed by atoms with Crippen LogP contribution in [0.15, 0.2) is 30.3 Å². The topological polar surface area (TPSA) is 73.3 Å². The zero-order valence-electron chi connectivity index (χ0n) is 9.84. The average Bonchev–Trinajstić information content (AvgIpc) is 2.30. The number of nitrogens with zero attached hydrogens (tertiary/aromatic N) is 1. The van der Waals surface area contributed by atoms with Gasteiger partial charge < -0.3 is 15.7 Å². The second-order valence-electron chi connectivity index (χ2n) is 4.57. The maximum absolute atomic E-state index is 9.72. The highest BCUT2D eigenvalue weighted by Crippen LogP contribution is 2.27. The Morgan fingerprint density at radius 1 is 1.29 bits per heavy atom. The van der Waals surface area contributed by atoms with Crippen molar-refractivity contribution < 1.29 is 5.11 Å². The fourth-order valence-corrected chi connectivity index (χ4v) is 2.51. The maximum atomic E-state index is 9.72.